The van der Waals surface area contributed by atoms with Gasteiger partial charge in [-0.1, -0.05) is 245 Å². The van der Waals surface area contributed by atoms with E-state index in [1.165, 1.54) is 180 Å². The van der Waals surface area contributed by atoms with Crippen LogP contribution in [0, 0.1) is 0 Å². The Morgan fingerprint density at radius 1 is 0.286 bits per heavy atom. The minimum Gasteiger partial charge on any atom is -0.462 e. The summed E-state index contributed by atoms with van der Waals surface area (Å²) >= 11 is 0. The summed E-state index contributed by atoms with van der Waals surface area (Å²) in [4.78, 5) is 37.6. The van der Waals surface area contributed by atoms with Crippen LogP contribution in [0.2, 0.25) is 0 Å². The predicted octanol–water partition coefficient (Wildman–Crippen LogP) is 16.0. The third kappa shape index (κ3) is 43.5. The number of esters is 3. The highest BCUT2D eigenvalue weighted by molar-refractivity contribution is 5.71. The molecule has 1 atom stereocenters. The molecule has 0 aliphatic heterocycles. The van der Waals surface area contributed by atoms with Crippen molar-refractivity contribution in [2.24, 2.45) is 0 Å². The monoisotopic (exact) mass is 793 g/mol. The predicted molar refractivity (Wildman–Crippen MR) is 238 cm³/mol. The first-order chi connectivity index (χ1) is 27.5. The number of rotatable bonds is 46. The van der Waals surface area contributed by atoms with Crippen LogP contribution in [-0.4, -0.2) is 37.2 Å². The fourth-order valence-electron chi connectivity index (χ4n) is 7.56. The van der Waals surface area contributed by atoms with Crippen LogP contribution in [0.15, 0.2) is 0 Å². The second-order valence-corrected chi connectivity index (χ2v) is 17.1. The van der Waals surface area contributed by atoms with E-state index < -0.39 is 6.10 Å². The molecule has 0 spiro atoms. The molecule has 0 aromatic rings. The topological polar surface area (TPSA) is 78.9 Å². The average molecular weight is 793 g/mol. The summed E-state index contributed by atoms with van der Waals surface area (Å²) in [5, 5.41) is 0. The van der Waals surface area contributed by atoms with Crippen molar-refractivity contribution < 1.29 is 28.6 Å². The van der Waals surface area contributed by atoms with E-state index in [1.54, 1.807) is 0 Å². The molecule has 56 heavy (non-hydrogen) atoms. The lowest BCUT2D eigenvalue weighted by Crippen LogP contribution is -2.30. The molecule has 0 radical (unpaired) electrons. The quantitative estimate of drug-likeness (QED) is 0.0347. The molecule has 0 saturated heterocycles. The molecule has 6 nitrogen and oxygen atoms in total. The highest BCUT2D eigenvalue weighted by Crippen LogP contribution is 2.17. The lowest BCUT2D eigenvalue weighted by Gasteiger charge is -2.18. The van der Waals surface area contributed by atoms with E-state index in [4.69, 9.17) is 14.2 Å². The fraction of sp³-hybridized carbons (Fsp3) is 0.940. The van der Waals surface area contributed by atoms with Crippen LogP contribution in [0.4, 0.5) is 0 Å². The Hall–Kier alpha value is -1.59. The normalized spacial score (nSPS) is 11.8. The lowest BCUT2D eigenvalue weighted by atomic mass is 10.0. The van der Waals surface area contributed by atoms with Crippen molar-refractivity contribution in [1.82, 2.24) is 0 Å². The Morgan fingerprint density at radius 2 is 0.482 bits per heavy atom. The maximum atomic E-state index is 12.7. The summed E-state index contributed by atoms with van der Waals surface area (Å²) in [7, 11) is 0. The van der Waals surface area contributed by atoms with E-state index in [1.807, 2.05) is 0 Å². The second-order valence-electron chi connectivity index (χ2n) is 17.1. The van der Waals surface area contributed by atoms with Gasteiger partial charge in [0.1, 0.15) is 13.2 Å². The van der Waals surface area contributed by atoms with E-state index in [0.29, 0.717) is 19.3 Å². The molecule has 0 bridgehead atoms. The van der Waals surface area contributed by atoms with E-state index in [9.17, 15) is 14.4 Å². The van der Waals surface area contributed by atoms with Crippen molar-refractivity contribution in [2.75, 3.05) is 13.2 Å². The molecule has 0 fully saturated rings. The summed E-state index contributed by atoms with van der Waals surface area (Å²) in [6.45, 7) is 6.60. The summed E-state index contributed by atoms with van der Waals surface area (Å²) in [6.07, 6.45) is 48.4. The van der Waals surface area contributed by atoms with Gasteiger partial charge in [-0.2, -0.15) is 0 Å². The molecule has 0 saturated carbocycles. The van der Waals surface area contributed by atoms with E-state index in [2.05, 4.69) is 20.8 Å². The molecule has 0 aliphatic rings. The van der Waals surface area contributed by atoms with Gasteiger partial charge < -0.3 is 14.2 Å². The Bertz CT molecular complexity index is 828. The number of carbonyl (C=O) groups excluding carboxylic acids is 3. The molecule has 332 valence electrons. The van der Waals surface area contributed by atoms with Gasteiger partial charge in [0.2, 0.25) is 0 Å². The Labute approximate surface area is 348 Å². The van der Waals surface area contributed by atoms with Crippen molar-refractivity contribution in [1.29, 1.82) is 0 Å². The smallest absolute Gasteiger partial charge is 0.306 e. The molecule has 0 aliphatic carbocycles. The molecule has 0 N–H and O–H groups in total. The Morgan fingerprint density at radius 3 is 0.714 bits per heavy atom. The van der Waals surface area contributed by atoms with Crippen LogP contribution >= 0.6 is 0 Å². The van der Waals surface area contributed by atoms with Gasteiger partial charge in [0.15, 0.2) is 6.10 Å². The molecule has 0 amide bonds. The number of unbranched alkanes of at least 4 members (excludes halogenated alkanes) is 35. The van der Waals surface area contributed by atoms with Gasteiger partial charge in [-0.3, -0.25) is 14.4 Å². The van der Waals surface area contributed by atoms with Gasteiger partial charge in [0.25, 0.3) is 0 Å². The fourth-order valence-corrected chi connectivity index (χ4v) is 7.56. The van der Waals surface area contributed by atoms with Gasteiger partial charge in [-0.15, -0.1) is 0 Å². The van der Waals surface area contributed by atoms with Crippen molar-refractivity contribution in [3.05, 3.63) is 0 Å². The van der Waals surface area contributed by atoms with Gasteiger partial charge in [0.05, 0.1) is 0 Å². The van der Waals surface area contributed by atoms with Crippen LogP contribution in [0.5, 0.6) is 0 Å². The Kier molecular flexibility index (Phi) is 44.8. The number of hydrogen-bond donors (Lipinski definition) is 0. The standard InChI is InChI=1S/C50H96O6/c1-4-7-10-13-15-17-19-21-23-24-25-26-27-29-30-32-34-37-40-43-49(52)55-46-47(45-54-48(51)42-39-36-12-9-6-3)56-50(53)44-41-38-35-33-31-28-22-20-18-16-14-11-8-5-2/h47H,4-46H2,1-3H3/t47-/m0/s1. The highest BCUT2D eigenvalue weighted by atomic mass is 16.6. The summed E-state index contributed by atoms with van der Waals surface area (Å²) in [5.41, 5.74) is 0. The minimum absolute atomic E-state index is 0.0633. The molecule has 0 aromatic heterocycles. The molecule has 0 heterocycles. The summed E-state index contributed by atoms with van der Waals surface area (Å²) in [6, 6.07) is 0. The van der Waals surface area contributed by atoms with Gasteiger partial charge in [0, 0.05) is 19.3 Å². The number of carbonyl (C=O) groups is 3. The average Bonchev–Trinajstić information content (AvgIpc) is 3.19. The minimum atomic E-state index is -0.757. The highest BCUT2D eigenvalue weighted by Gasteiger charge is 2.19. The summed E-state index contributed by atoms with van der Waals surface area (Å²) in [5.74, 6) is -0.860. The molecule has 0 unspecified atom stereocenters. The third-order valence-corrected chi connectivity index (χ3v) is 11.4. The van der Waals surface area contributed by atoms with E-state index in [-0.39, 0.29) is 31.1 Å². The third-order valence-electron chi connectivity index (χ3n) is 11.4. The van der Waals surface area contributed by atoms with Crippen molar-refractivity contribution in [3.8, 4) is 0 Å². The zero-order valence-electron chi connectivity index (χ0n) is 37.9. The zero-order chi connectivity index (χ0) is 40.8. The van der Waals surface area contributed by atoms with Gasteiger partial charge in [-0.25, -0.2) is 0 Å². The maximum Gasteiger partial charge on any atom is 0.306 e. The number of hydrogen-bond acceptors (Lipinski definition) is 6. The van der Waals surface area contributed by atoms with Crippen LogP contribution < -0.4 is 0 Å². The molecule has 6 heteroatoms. The molecular weight excluding hydrogens is 697 g/mol. The first-order valence-electron chi connectivity index (χ1n) is 25.0. The van der Waals surface area contributed by atoms with Crippen LogP contribution in [0.25, 0.3) is 0 Å². The molecule has 0 rings (SSSR count). The van der Waals surface area contributed by atoms with Crippen LogP contribution in [0.3, 0.4) is 0 Å². The second kappa shape index (κ2) is 46.1. The molecular formula is C50H96O6. The van der Waals surface area contributed by atoms with Gasteiger partial charge >= 0.3 is 17.9 Å². The van der Waals surface area contributed by atoms with E-state index >= 15 is 0 Å². The van der Waals surface area contributed by atoms with Crippen molar-refractivity contribution in [3.63, 3.8) is 0 Å². The Balaban J connectivity index is 4.09. The SMILES string of the molecule is CCCCCCCCCCCCCCCCCCCCCC(=O)OC[C@H](COC(=O)CCCCCCC)OC(=O)CCCCCCCCCCCCCCCC. The van der Waals surface area contributed by atoms with Crippen LogP contribution in [0.1, 0.15) is 284 Å². The molecule has 0 aromatic carbocycles. The van der Waals surface area contributed by atoms with Crippen molar-refractivity contribution >= 4 is 17.9 Å². The number of ether oxygens (including phenoxy) is 3. The summed E-state index contributed by atoms with van der Waals surface area (Å²) < 4.78 is 16.7. The zero-order valence-corrected chi connectivity index (χ0v) is 37.9. The lowest BCUT2D eigenvalue weighted by molar-refractivity contribution is -0.167. The first kappa shape index (κ1) is 54.4. The van der Waals surface area contributed by atoms with E-state index in [0.717, 1.165) is 64.2 Å². The maximum absolute atomic E-state index is 12.7. The first-order valence-corrected chi connectivity index (χ1v) is 25.0. The van der Waals surface area contributed by atoms with Crippen LogP contribution in [-0.2, 0) is 28.6 Å². The largest absolute Gasteiger partial charge is 0.462 e. The van der Waals surface area contributed by atoms with Crippen molar-refractivity contribution in [2.45, 2.75) is 290 Å². The van der Waals surface area contributed by atoms with Gasteiger partial charge in [-0.05, 0) is 19.3 Å².